The molecule has 0 unspecified atom stereocenters. The van der Waals surface area contributed by atoms with Gasteiger partial charge in [-0.3, -0.25) is 19.3 Å². The summed E-state index contributed by atoms with van der Waals surface area (Å²) in [6.45, 7) is 8.86. The Hall–Kier alpha value is -3.42. The van der Waals surface area contributed by atoms with Crippen LogP contribution in [-0.4, -0.2) is 53.2 Å². The summed E-state index contributed by atoms with van der Waals surface area (Å²) in [5, 5.41) is 0. The Balaban J connectivity index is 1.67. The van der Waals surface area contributed by atoms with E-state index >= 15 is 0 Å². The van der Waals surface area contributed by atoms with E-state index in [1.807, 2.05) is 27.7 Å². The van der Waals surface area contributed by atoms with E-state index in [-0.39, 0.29) is 47.6 Å². The highest BCUT2D eigenvalue weighted by Crippen LogP contribution is 2.26. The standard InChI is InChI=1S/C24H28N2O6/c1-15(2)11-25(12-16(3)4)21(27)14-32-24(30)17-7-8-19-20(10-17)23(29)26(22(19)28)13-18-6-5-9-31-18/h5-10,15-16H,11-14H2,1-4H3. The van der Waals surface area contributed by atoms with Crippen LogP contribution >= 0.6 is 0 Å². The van der Waals surface area contributed by atoms with Gasteiger partial charge in [0.25, 0.3) is 17.7 Å². The van der Waals surface area contributed by atoms with Crippen molar-refractivity contribution < 1.29 is 28.3 Å². The van der Waals surface area contributed by atoms with Crippen molar-refractivity contribution in [3.8, 4) is 0 Å². The average Bonchev–Trinajstić information content (AvgIpc) is 3.33. The lowest BCUT2D eigenvalue weighted by atomic mass is 10.1. The van der Waals surface area contributed by atoms with Gasteiger partial charge < -0.3 is 14.1 Å². The van der Waals surface area contributed by atoms with Gasteiger partial charge in [-0.05, 0) is 42.2 Å². The zero-order chi connectivity index (χ0) is 23.4. The first-order chi connectivity index (χ1) is 15.2. The Labute approximate surface area is 187 Å². The molecule has 2 heterocycles. The van der Waals surface area contributed by atoms with Crippen LogP contribution in [0.1, 0.15) is 64.5 Å². The molecular weight excluding hydrogens is 412 g/mol. The van der Waals surface area contributed by atoms with Crippen molar-refractivity contribution >= 4 is 23.7 Å². The quantitative estimate of drug-likeness (QED) is 0.438. The molecule has 0 bridgehead atoms. The third-order valence-corrected chi connectivity index (χ3v) is 4.95. The first-order valence-corrected chi connectivity index (χ1v) is 10.6. The van der Waals surface area contributed by atoms with Crippen LogP contribution < -0.4 is 0 Å². The largest absolute Gasteiger partial charge is 0.467 e. The van der Waals surface area contributed by atoms with Gasteiger partial charge in [0.05, 0.1) is 29.5 Å². The minimum atomic E-state index is -0.722. The number of furan rings is 1. The van der Waals surface area contributed by atoms with Crippen LogP contribution in [0.4, 0.5) is 0 Å². The van der Waals surface area contributed by atoms with Gasteiger partial charge in [0.2, 0.25) is 0 Å². The van der Waals surface area contributed by atoms with Gasteiger partial charge in [0.15, 0.2) is 6.61 Å². The Morgan fingerprint density at radius 2 is 1.66 bits per heavy atom. The van der Waals surface area contributed by atoms with Crippen LogP contribution in [0, 0.1) is 11.8 Å². The predicted molar refractivity (Wildman–Crippen MR) is 116 cm³/mol. The molecule has 1 aromatic heterocycles. The second-order valence-corrected chi connectivity index (χ2v) is 8.70. The number of hydrogen-bond acceptors (Lipinski definition) is 6. The van der Waals surface area contributed by atoms with Crippen LogP contribution in [-0.2, 0) is 16.1 Å². The molecule has 0 fully saturated rings. The van der Waals surface area contributed by atoms with E-state index in [1.54, 1.807) is 17.0 Å². The lowest BCUT2D eigenvalue weighted by Gasteiger charge is -2.26. The molecule has 1 aliphatic rings. The molecule has 3 amide bonds. The molecule has 0 radical (unpaired) electrons. The van der Waals surface area contributed by atoms with Crippen LogP contribution in [0.25, 0.3) is 0 Å². The molecule has 8 heteroatoms. The third-order valence-electron chi connectivity index (χ3n) is 4.95. The molecule has 0 aliphatic carbocycles. The number of carbonyl (C=O) groups is 4. The molecule has 1 aromatic carbocycles. The molecule has 0 saturated carbocycles. The summed E-state index contributed by atoms with van der Waals surface area (Å²) >= 11 is 0. The Morgan fingerprint density at radius 1 is 1.00 bits per heavy atom. The van der Waals surface area contributed by atoms with E-state index in [0.29, 0.717) is 18.8 Å². The van der Waals surface area contributed by atoms with E-state index in [4.69, 9.17) is 9.15 Å². The maximum absolute atomic E-state index is 12.7. The van der Waals surface area contributed by atoms with E-state index in [1.165, 1.54) is 24.5 Å². The zero-order valence-corrected chi connectivity index (χ0v) is 18.8. The van der Waals surface area contributed by atoms with Crippen molar-refractivity contribution in [1.82, 2.24) is 9.80 Å². The average molecular weight is 440 g/mol. The maximum Gasteiger partial charge on any atom is 0.338 e. The normalized spacial score (nSPS) is 13.1. The lowest BCUT2D eigenvalue weighted by Crippen LogP contribution is -2.39. The molecule has 3 rings (SSSR count). The number of benzene rings is 1. The molecule has 32 heavy (non-hydrogen) atoms. The molecule has 0 saturated heterocycles. The molecule has 2 aromatic rings. The highest BCUT2D eigenvalue weighted by atomic mass is 16.5. The van der Waals surface area contributed by atoms with Gasteiger partial charge in [0, 0.05) is 13.1 Å². The first-order valence-electron chi connectivity index (χ1n) is 10.6. The zero-order valence-electron chi connectivity index (χ0n) is 18.8. The second-order valence-electron chi connectivity index (χ2n) is 8.70. The minimum Gasteiger partial charge on any atom is -0.467 e. The Kier molecular flexibility index (Phi) is 7.12. The Bertz CT molecular complexity index is 1000. The fourth-order valence-electron chi connectivity index (χ4n) is 3.58. The summed E-state index contributed by atoms with van der Waals surface area (Å²) < 4.78 is 10.4. The molecule has 0 spiro atoms. The number of fused-ring (bicyclic) bond motifs is 1. The number of rotatable bonds is 9. The van der Waals surface area contributed by atoms with Gasteiger partial charge in [-0.1, -0.05) is 27.7 Å². The molecule has 1 aliphatic heterocycles. The number of nitrogens with zero attached hydrogens (tertiary/aromatic N) is 2. The summed E-state index contributed by atoms with van der Waals surface area (Å²) in [5.41, 5.74) is 0.453. The highest BCUT2D eigenvalue weighted by molar-refractivity contribution is 6.21. The lowest BCUT2D eigenvalue weighted by molar-refractivity contribution is -0.135. The van der Waals surface area contributed by atoms with Crippen molar-refractivity contribution in [2.24, 2.45) is 11.8 Å². The SMILES string of the molecule is CC(C)CN(CC(C)C)C(=O)COC(=O)c1ccc2c(c1)C(=O)N(Cc1ccco1)C2=O. The van der Waals surface area contributed by atoms with Crippen LogP contribution in [0.5, 0.6) is 0 Å². The fraction of sp³-hybridized carbons (Fsp3) is 0.417. The number of ether oxygens (including phenoxy) is 1. The summed E-state index contributed by atoms with van der Waals surface area (Å²) in [4.78, 5) is 53.1. The van der Waals surface area contributed by atoms with Gasteiger partial charge in [-0.25, -0.2) is 4.79 Å². The van der Waals surface area contributed by atoms with Crippen LogP contribution in [0.2, 0.25) is 0 Å². The summed E-state index contributed by atoms with van der Waals surface area (Å²) in [7, 11) is 0. The topological polar surface area (TPSA) is 97.1 Å². The number of carbonyl (C=O) groups excluding carboxylic acids is 4. The number of esters is 1. The van der Waals surface area contributed by atoms with E-state index in [9.17, 15) is 19.2 Å². The summed E-state index contributed by atoms with van der Waals surface area (Å²) in [6.07, 6.45) is 1.46. The van der Waals surface area contributed by atoms with E-state index in [0.717, 1.165) is 4.90 Å². The second kappa shape index (κ2) is 9.80. The van der Waals surface area contributed by atoms with Gasteiger partial charge >= 0.3 is 5.97 Å². The van der Waals surface area contributed by atoms with Gasteiger partial charge in [-0.2, -0.15) is 0 Å². The van der Waals surface area contributed by atoms with Crippen molar-refractivity contribution in [3.63, 3.8) is 0 Å². The van der Waals surface area contributed by atoms with E-state index < -0.39 is 17.8 Å². The number of amides is 3. The number of hydrogen-bond donors (Lipinski definition) is 0. The van der Waals surface area contributed by atoms with Crippen LogP contribution in [0.15, 0.2) is 41.0 Å². The van der Waals surface area contributed by atoms with Gasteiger partial charge in [-0.15, -0.1) is 0 Å². The predicted octanol–water partition coefficient (Wildman–Crippen LogP) is 3.37. The van der Waals surface area contributed by atoms with Crippen molar-refractivity contribution in [2.45, 2.75) is 34.2 Å². The minimum absolute atomic E-state index is 0.00909. The molecular formula is C24H28N2O6. The first kappa shape index (κ1) is 23.2. The monoisotopic (exact) mass is 440 g/mol. The molecule has 8 nitrogen and oxygen atoms in total. The number of imide groups is 1. The Morgan fingerprint density at radius 3 is 2.25 bits per heavy atom. The van der Waals surface area contributed by atoms with Crippen molar-refractivity contribution in [2.75, 3.05) is 19.7 Å². The smallest absolute Gasteiger partial charge is 0.338 e. The summed E-state index contributed by atoms with van der Waals surface area (Å²) in [5.74, 6) is -0.889. The molecule has 0 atom stereocenters. The highest BCUT2D eigenvalue weighted by Gasteiger charge is 2.36. The maximum atomic E-state index is 12.7. The summed E-state index contributed by atoms with van der Waals surface area (Å²) in [6, 6.07) is 7.54. The fourth-order valence-corrected chi connectivity index (χ4v) is 3.58. The molecule has 0 N–H and O–H groups in total. The van der Waals surface area contributed by atoms with Crippen molar-refractivity contribution in [3.05, 3.63) is 59.0 Å². The van der Waals surface area contributed by atoms with Crippen LogP contribution in [0.3, 0.4) is 0 Å². The van der Waals surface area contributed by atoms with Gasteiger partial charge in [0.1, 0.15) is 5.76 Å². The molecule has 170 valence electrons. The third kappa shape index (κ3) is 5.25. The van der Waals surface area contributed by atoms with E-state index in [2.05, 4.69) is 0 Å². The van der Waals surface area contributed by atoms with Crippen molar-refractivity contribution in [1.29, 1.82) is 0 Å².